The van der Waals surface area contributed by atoms with Gasteiger partial charge in [0.15, 0.2) is 0 Å². The van der Waals surface area contributed by atoms with Crippen molar-refractivity contribution < 1.29 is 9.59 Å². The summed E-state index contributed by atoms with van der Waals surface area (Å²) in [6.45, 7) is 4.00. The second-order valence-electron chi connectivity index (χ2n) is 5.77. The van der Waals surface area contributed by atoms with Gasteiger partial charge in [-0.15, -0.1) is 0 Å². The average Bonchev–Trinajstić information content (AvgIpc) is 3.12. The van der Waals surface area contributed by atoms with Crippen molar-refractivity contribution >= 4 is 11.8 Å². The van der Waals surface area contributed by atoms with E-state index in [2.05, 4.69) is 20.7 Å². The van der Waals surface area contributed by atoms with Gasteiger partial charge in [0.05, 0.1) is 18.3 Å². The Hall–Kier alpha value is -2.74. The number of benzene rings is 1. The minimum Gasteiger partial charge on any atom is -0.350 e. The number of carbonyl (C=O) groups is 2. The maximum Gasteiger partial charge on any atom is 0.239 e. The molecule has 0 unspecified atom stereocenters. The fourth-order valence-corrected chi connectivity index (χ4v) is 1.96. The van der Waals surface area contributed by atoms with Crippen molar-refractivity contribution in [3.8, 4) is 5.69 Å². The molecule has 0 aliphatic rings. The smallest absolute Gasteiger partial charge is 0.239 e. The molecule has 128 valence electrons. The zero-order chi connectivity index (χ0) is 17.5. The van der Waals surface area contributed by atoms with Crippen LogP contribution in [0, 0.1) is 5.92 Å². The number of nitrogens with two attached hydrogens (primary N) is 1. The van der Waals surface area contributed by atoms with E-state index in [1.54, 1.807) is 11.0 Å². The van der Waals surface area contributed by atoms with Gasteiger partial charge in [-0.05, 0) is 23.6 Å². The number of rotatable bonds is 7. The molecule has 0 aliphatic carbocycles. The number of aromatic nitrogens is 3. The zero-order valence-corrected chi connectivity index (χ0v) is 13.8. The topological polar surface area (TPSA) is 115 Å². The van der Waals surface area contributed by atoms with E-state index in [0.717, 1.165) is 11.3 Å². The average molecular weight is 330 g/mol. The Bertz CT molecular complexity index is 666. The first-order valence-corrected chi connectivity index (χ1v) is 7.71. The number of hydrogen-bond acceptors (Lipinski definition) is 5. The predicted molar refractivity (Wildman–Crippen MR) is 89.0 cm³/mol. The Balaban J connectivity index is 1.77. The van der Waals surface area contributed by atoms with Crippen molar-refractivity contribution in [1.82, 2.24) is 25.4 Å². The summed E-state index contributed by atoms with van der Waals surface area (Å²) in [5.74, 6) is -0.562. The lowest BCUT2D eigenvalue weighted by molar-refractivity contribution is -0.127. The monoisotopic (exact) mass is 330 g/mol. The van der Waals surface area contributed by atoms with Crippen LogP contribution in [0.25, 0.3) is 5.69 Å². The molecular formula is C16H22N6O2. The van der Waals surface area contributed by atoms with Gasteiger partial charge in [-0.1, -0.05) is 26.0 Å². The standard InChI is InChI=1S/C16H22N6O2/c1-11(2)15(17)16(24)20-8-14(23)19-7-12-3-5-13(6-4-12)22-10-18-9-21-22/h3-6,9-11,15H,7-8,17H2,1-2H3,(H,19,23)(H,20,24)/t15-/m0/s1. The van der Waals surface area contributed by atoms with Crippen molar-refractivity contribution in [3.05, 3.63) is 42.5 Å². The van der Waals surface area contributed by atoms with Crippen LogP contribution in [0.5, 0.6) is 0 Å². The highest BCUT2D eigenvalue weighted by atomic mass is 16.2. The van der Waals surface area contributed by atoms with Crippen LogP contribution < -0.4 is 16.4 Å². The second kappa shape index (κ2) is 8.21. The molecule has 0 saturated carbocycles. The number of nitrogens with zero attached hydrogens (tertiary/aromatic N) is 3. The van der Waals surface area contributed by atoms with Gasteiger partial charge in [0.25, 0.3) is 0 Å². The Kier molecular flexibility index (Phi) is 6.02. The van der Waals surface area contributed by atoms with Crippen molar-refractivity contribution in [2.45, 2.75) is 26.4 Å². The highest BCUT2D eigenvalue weighted by Gasteiger charge is 2.17. The maximum absolute atomic E-state index is 11.8. The fraction of sp³-hybridized carbons (Fsp3) is 0.375. The first-order chi connectivity index (χ1) is 11.5. The van der Waals surface area contributed by atoms with Crippen LogP contribution in [0.1, 0.15) is 19.4 Å². The molecule has 8 nitrogen and oxygen atoms in total. The number of carbonyl (C=O) groups excluding carboxylic acids is 2. The number of nitrogens with one attached hydrogen (secondary N) is 2. The van der Waals surface area contributed by atoms with Crippen LogP contribution in [0.4, 0.5) is 0 Å². The first-order valence-electron chi connectivity index (χ1n) is 7.71. The molecule has 0 bridgehead atoms. The van der Waals surface area contributed by atoms with Crippen LogP contribution in [-0.2, 0) is 16.1 Å². The molecule has 24 heavy (non-hydrogen) atoms. The molecular weight excluding hydrogens is 308 g/mol. The lowest BCUT2D eigenvalue weighted by Crippen LogP contribution is -2.47. The van der Waals surface area contributed by atoms with Gasteiger partial charge in [0, 0.05) is 6.54 Å². The molecule has 0 saturated heterocycles. The maximum atomic E-state index is 11.8. The summed E-state index contributed by atoms with van der Waals surface area (Å²) >= 11 is 0. The predicted octanol–water partition coefficient (Wildman–Crippen LogP) is -0.0170. The molecule has 8 heteroatoms. The van der Waals surface area contributed by atoms with Gasteiger partial charge >= 0.3 is 0 Å². The molecule has 4 N–H and O–H groups in total. The van der Waals surface area contributed by atoms with Crippen molar-refractivity contribution in [2.75, 3.05) is 6.54 Å². The van der Waals surface area contributed by atoms with E-state index in [9.17, 15) is 9.59 Å². The van der Waals surface area contributed by atoms with E-state index in [0.29, 0.717) is 6.54 Å². The Labute approximate surface area is 140 Å². The SMILES string of the molecule is CC(C)[C@H](N)C(=O)NCC(=O)NCc1ccc(-n2cncn2)cc1. The summed E-state index contributed by atoms with van der Waals surface area (Å²) in [6.07, 6.45) is 3.08. The van der Waals surface area contributed by atoms with Crippen LogP contribution in [-0.4, -0.2) is 39.2 Å². The summed E-state index contributed by atoms with van der Waals surface area (Å²) in [6, 6.07) is 6.95. The zero-order valence-electron chi connectivity index (χ0n) is 13.8. The summed E-state index contributed by atoms with van der Waals surface area (Å²) < 4.78 is 1.65. The normalized spacial score (nSPS) is 12.0. The molecule has 1 aromatic heterocycles. The third-order valence-corrected chi connectivity index (χ3v) is 3.55. The Morgan fingerprint density at radius 3 is 2.50 bits per heavy atom. The summed E-state index contributed by atoms with van der Waals surface area (Å²) in [5.41, 5.74) is 7.54. The number of amides is 2. The van der Waals surface area contributed by atoms with Gasteiger partial charge < -0.3 is 16.4 Å². The van der Waals surface area contributed by atoms with Gasteiger partial charge in [-0.3, -0.25) is 9.59 Å². The quantitative estimate of drug-likeness (QED) is 0.660. The van der Waals surface area contributed by atoms with Crippen molar-refractivity contribution in [3.63, 3.8) is 0 Å². The minimum atomic E-state index is -0.609. The summed E-state index contributed by atoms with van der Waals surface area (Å²) in [5, 5.41) is 9.32. The molecule has 0 aliphatic heterocycles. The largest absolute Gasteiger partial charge is 0.350 e. The molecule has 1 aromatic carbocycles. The van der Waals surface area contributed by atoms with E-state index in [1.165, 1.54) is 6.33 Å². The van der Waals surface area contributed by atoms with Crippen LogP contribution in [0.2, 0.25) is 0 Å². The van der Waals surface area contributed by atoms with E-state index < -0.39 is 6.04 Å². The molecule has 1 heterocycles. The van der Waals surface area contributed by atoms with Crippen molar-refractivity contribution in [1.29, 1.82) is 0 Å². The van der Waals surface area contributed by atoms with Crippen LogP contribution in [0.15, 0.2) is 36.9 Å². The van der Waals surface area contributed by atoms with E-state index >= 15 is 0 Å². The van der Waals surface area contributed by atoms with Gasteiger partial charge in [-0.2, -0.15) is 5.10 Å². The lowest BCUT2D eigenvalue weighted by Gasteiger charge is -2.15. The highest BCUT2D eigenvalue weighted by molar-refractivity contribution is 5.87. The van der Waals surface area contributed by atoms with Gasteiger partial charge in [-0.25, -0.2) is 9.67 Å². The van der Waals surface area contributed by atoms with Crippen LogP contribution in [0.3, 0.4) is 0 Å². The van der Waals surface area contributed by atoms with Gasteiger partial charge in [0.2, 0.25) is 11.8 Å². The van der Waals surface area contributed by atoms with Gasteiger partial charge in [0.1, 0.15) is 12.7 Å². The Morgan fingerprint density at radius 2 is 1.92 bits per heavy atom. The number of hydrogen-bond donors (Lipinski definition) is 3. The van der Waals surface area contributed by atoms with E-state index in [-0.39, 0.29) is 24.3 Å². The molecule has 2 amide bonds. The van der Waals surface area contributed by atoms with Crippen LogP contribution >= 0.6 is 0 Å². The Morgan fingerprint density at radius 1 is 1.21 bits per heavy atom. The third-order valence-electron chi connectivity index (χ3n) is 3.55. The van der Waals surface area contributed by atoms with E-state index in [4.69, 9.17) is 5.73 Å². The van der Waals surface area contributed by atoms with E-state index in [1.807, 2.05) is 38.1 Å². The molecule has 0 radical (unpaired) electrons. The minimum absolute atomic E-state index is 0.0246. The second-order valence-corrected chi connectivity index (χ2v) is 5.77. The molecule has 2 aromatic rings. The molecule has 0 fully saturated rings. The highest BCUT2D eigenvalue weighted by Crippen LogP contribution is 2.07. The summed E-state index contributed by atoms with van der Waals surface area (Å²) in [4.78, 5) is 27.4. The first kappa shape index (κ1) is 17.6. The third kappa shape index (κ3) is 4.88. The molecule has 0 spiro atoms. The summed E-state index contributed by atoms with van der Waals surface area (Å²) in [7, 11) is 0. The van der Waals surface area contributed by atoms with Crippen molar-refractivity contribution in [2.24, 2.45) is 11.7 Å². The fourth-order valence-electron chi connectivity index (χ4n) is 1.96. The lowest BCUT2D eigenvalue weighted by atomic mass is 10.1. The molecule has 2 rings (SSSR count). The molecule has 1 atom stereocenters.